The van der Waals surface area contributed by atoms with Gasteiger partial charge < -0.3 is 5.32 Å². The molecule has 3 heteroatoms. The number of benzene rings is 1. The predicted molar refractivity (Wildman–Crippen MR) is 85.3 cm³/mol. The van der Waals surface area contributed by atoms with Crippen LogP contribution in [0, 0.1) is 0 Å². The van der Waals surface area contributed by atoms with Gasteiger partial charge in [0.2, 0.25) is 0 Å². The molecule has 1 heterocycles. The van der Waals surface area contributed by atoms with Crippen LogP contribution in [0.3, 0.4) is 0 Å². The van der Waals surface area contributed by atoms with Gasteiger partial charge in [0.05, 0.1) is 0 Å². The summed E-state index contributed by atoms with van der Waals surface area (Å²) in [6.45, 7) is 10.3. The summed E-state index contributed by atoms with van der Waals surface area (Å²) in [5.41, 5.74) is 1.64. The molecule has 1 aliphatic heterocycles. The minimum Gasteiger partial charge on any atom is -0.310 e. The van der Waals surface area contributed by atoms with E-state index in [-0.39, 0.29) is 5.54 Å². The van der Waals surface area contributed by atoms with E-state index in [1.807, 2.05) is 0 Å². The first-order chi connectivity index (χ1) is 9.02. The zero-order chi connectivity index (χ0) is 13.9. The standard InChI is InChI=1S/C16H25BrN2/c1-4-16(3)12-19(13(2)8-9-18-16)11-14-6-5-7-15(17)10-14/h5-7,10,13,18H,4,8-9,11-12H2,1-3H3. The lowest BCUT2D eigenvalue weighted by molar-refractivity contribution is 0.163. The third kappa shape index (κ3) is 4.04. The maximum Gasteiger partial charge on any atom is 0.0278 e. The summed E-state index contributed by atoms with van der Waals surface area (Å²) in [5.74, 6) is 0. The van der Waals surface area contributed by atoms with Crippen molar-refractivity contribution >= 4 is 15.9 Å². The van der Waals surface area contributed by atoms with Gasteiger partial charge in [-0.15, -0.1) is 0 Å². The van der Waals surface area contributed by atoms with Crippen LogP contribution in [0.4, 0.5) is 0 Å². The maximum atomic E-state index is 3.71. The molecule has 2 nitrogen and oxygen atoms in total. The van der Waals surface area contributed by atoms with Crippen LogP contribution in [-0.4, -0.2) is 29.6 Å². The molecule has 0 radical (unpaired) electrons. The Bertz CT molecular complexity index is 421. The Labute approximate surface area is 125 Å². The van der Waals surface area contributed by atoms with Gasteiger partial charge in [-0.1, -0.05) is 35.0 Å². The summed E-state index contributed by atoms with van der Waals surface area (Å²) >= 11 is 3.56. The fraction of sp³-hybridized carbons (Fsp3) is 0.625. The largest absolute Gasteiger partial charge is 0.310 e. The Morgan fingerprint density at radius 1 is 1.47 bits per heavy atom. The highest BCUT2D eigenvalue weighted by Gasteiger charge is 2.30. The lowest BCUT2D eigenvalue weighted by atomic mass is 9.98. The molecule has 19 heavy (non-hydrogen) atoms. The highest BCUT2D eigenvalue weighted by Crippen LogP contribution is 2.22. The maximum absolute atomic E-state index is 3.71. The summed E-state index contributed by atoms with van der Waals surface area (Å²) in [7, 11) is 0. The first kappa shape index (κ1) is 15.0. The highest BCUT2D eigenvalue weighted by atomic mass is 79.9. The van der Waals surface area contributed by atoms with E-state index in [0.29, 0.717) is 6.04 Å². The zero-order valence-electron chi connectivity index (χ0n) is 12.2. The number of hydrogen-bond acceptors (Lipinski definition) is 2. The van der Waals surface area contributed by atoms with Crippen LogP contribution in [0.2, 0.25) is 0 Å². The third-order valence-electron chi connectivity index (χ3n) is 4.34. The van der Waals surface area contributed by atoms with Crippen molar-refractivity contribution in [3.63, 3.8) is 0 Å². The number of rotatable bonds is 3. The molecule has 1 fully saturated rings. The van der Waals surface area contributed by atoms with E-state index >= 15 is 0 Å². The molecule has 1 N–H and O–H groups in total. The second kappa shape index (κ2) is 6.38. The molecule has 0 bridgehead atoms. The van der Waals surface area contributed by atoms with E-state index < -0.39 is 0 Å². The summed E-state index contributed by atoms with van der Waals surface area (Å²) in [6.07, 6.45) is 2.40. The number of nitrogens with one attached hydrogen (secondary N) is 1. The van der Waals surface area contributed by atoms with Crippen LogP contribution in [0.15, 0.2) is 28.7 Å². The van der Waals surface area contributed by atoms with Gasteiger partial charge in [0.1, 0.15) is 0 Å². The van der Waals surface area contributed by atoms with Gasteiger partial charge in [0.25, 0.3) is 0 Å². The third-order valence-corrected chi connectivity index (χ3v) is 4.84. The first-order valence-corrected chi connectivity index (χ1v) is 8.05. The van der Waals surface area contributed by atoms with Crippen LogP contribution in [-0.2, 0) is 6.54 Å². The van der Waals surface area contributed by atoms with E-state index in [9.17, 15) is 0 Å². The zero-order valence-corrected chi connectivity index (χ0v) is 13.8. The molecule has 0 spiro atoms. The second-order valence-corrected chi connectivity index (χ2v) is 6.93. The Balaban J connectivity index is 2.11. The predicted octanol–water partition coefficient (Wildman–Crippen LogP) is 3.80. The lowest BCUT2D eigenvalue weighted by Gasteiger charge is -2.35. The molecule has 2 rings (SSSR count). The molecule has 0 aromatic heterocycles. The first-order valence-electron chi connectivity index (χ1n) is 7.26. The summed E-state index contributed by atoms with van der Waals surface area (Å²) in [5, 5.41) is 3.71. The molecular weight excluding hydrogens is 300 g/mol. The monoisotopic (exact) mass is 324 g/mol. The van der Waals surface area contributed by atoms with Crippen molar-refractivity contribution in [2.75, 3.05) is 13.1 Å². The quantitative estimate of drug-likeness (QED) is 0.909. The van der Waals surface area contributed by atoms with E-state index in [1.165, 1.54) is 22.9 Å². The smallest absolute Gasteiger partial charge is 0.0278 e. The Morgan fingerprint density at radius 2 is 2.26 bits per heavy atom. The van der Waals surface area contributed by atoms with Gasteiger partial charge in [0, 0.05) is 29.1 Å². The molecule has 0 aliphatic carbocycles. The highest BCUT2D eigenvalue weighted by molar-refractivity contribution is 9.10. The van der Waals surface area contributed by atoms with Crippen molar-refractivity contribution in [3.8, 4) is 0 Å². The molecule has 106 valence electrons. The van der Waals surface area contributed by atoms with E-state index in [1.54, 1.807) is 0 Å². The fourth-order valence-electron chi connectivity index (χ4n) is 2.74. The average Bonchev–Trinajstić information content (AvgIpc) is 2.50. The van der Waals surface area contributed by atoms with E-state index in [0.717, 1.165) is 19.6 Å². The molecule has 0 saturated carbocycles. The molecule has 2 unspecified atom stereocenters. The van der Waals surface area contributed by atoms with E-state index in [2.05, 4.69) is 71.2 Å². The van der Waals surface area contributed by atoms with Gasteiger partial charge in [0.15, 0.2) is 0 Å². The van der Waals surface area contributed by atoms with Gasteiger partial charge in [-0.25, -0.2) is 0 Å². The van der Waals surface area contributed by atoms with Gasteiger partial charge in [-0.2, -0.15) is 0 Å². The van der Waals surface area contributed by atoms with Crippen LogP contribution in [0.25, 0.3) is 0 Å². The summed E-state index contributed by atoms with van der Waals surface area (Å²) in [6, 6.07) is 9.31. The Kier molecular flexibility index (Phi) is 5.04. The summed E-state index contributed by atoms with van der Waals surface area (Å²) < 4.78 is 1.17. The summed E-state index contributed by atoms with van der Waals surface area (Å²) in [4.78, 5) is 2.62. The molecule has 1 saturated heterocycles. The molecular formula is C16H25BrN2. The molecule has 0 amide bonds. The molecule has 1 aromatic rings. The van der Waals surface area contributed by atoms with E-state index in [4.69, 9.17) is 0 Å². The van der Waals surface area contributed by atoms with Crippen molar-refractivity contribution in [2.24, 2.45) is 0 Å². The minimum absolute atomic E-state index is 0.247. The normalized spacial score (nSPS) is 29.2. The van der Waals surface area contributed by atoms with Crippen molar-refractivity contribution in [3.05, 3.63) is 34.3 Å². The molecule has 2 atom stereocenters. The average molecular weight is 325 g/mol. The van der Waals surface area contributed by atoms with Crippen LogP contribution >= 0.6 is 15.9 Å². The van der Waals surface area contributed by atoms with Gasteiger partial charge >= 0.3 is 0 Å². The topological polar surface area (TPSA) is 15.3 Å². The number of hydrogen-bond donors (Lipinski definition) is 1. The fourth-order valence-corrected chi connectivity index (χ4v) is 3.19. The van der Waals surface area contributed by atoms with Crippen LogP contribution in [0.1, 0.15) is 39.2 Å². The van der Waals surface area contributed by atoms with Crippen molar-refractivity contribution in [1.82, 2.24) is 10.2 Å². The van der Waals surface area contributed by atoms with Gasteiger partial charge in [-0.3, -0.25) is 4.90 Å². The van der Waals surface area contributed by atoms with Crippen molar-refractivity contribution < 1.29 is 0 Å². The number of nitrogens with zero attached hydrogens (tertiary/aromatic N) is 1. The van der Waals surface area contributed by atoms with Crippen molar-refractivity contribution in [1.29, 1.82) is 0 Å². The van der Waals surface area contributed by atoms with Crippen LogP contribution in [0.5, 0.6) is 0 Å². The van der Waals surface area contributed by atoms with Gasteiger partial charge in [-0.05, 0) is 50.9 Å². The lowest BCUT2D eigenvalue weighted by Crippen LogP contribution is -2.49. The minimum atomic E-state index is 0.247. The molecule has 1 aromatic carbocycles. The molecule has 1 aliphatic rings. The SMILES string of the molecule is CCC1(C)CN(Cc2cccc(Br)c2)C(C)CCN1. The second-order valence-electron chi connectivity index (χ2n) is 6.01. The van der Waals surface area contributed by atoms with Crippen LogP contribution < -0.4 is 5.32 Å². The Morgan fingerprint density at radius 3 is 2.95 bits per heavy atom. The van der Waals surface area contributed by atoms with Crippen molar-refractivity contribution in [2.45, 2.75) is 51.7 Å². The Hall–Kier alpha value is -0.380. The number of halogens is 1.